The highest BCUT2D eigenvalue weighted by Gasteiger charge is 2.21. The van der Waals surface area contributed by atoms with Crippen LogP contribution in [0, 0.1) is 0 Å². The number of rotatable bonds is 10. The van der Waals surface area contributed by atoms with Crippen molar-refractivity contribution >= 4 is 5.91 Å². The van der Waals surface area contributed by atoms with E-state index in [0.717, 1.165) is 50.0 Å². The minimum absolute atomic E-state index is 0.0580. The zero-order chi connectivity index (χ0) is 23.0. The Labute approximate surface area is 195 Å². The molecule has 2 aromatic carbocycles. The first-order chi connectivity index (χ1) is 16.1. The molecule has 1 unspecified atom stereocenters. The standard InChI is InChI=1S/C26H34N2O5/c29-16-23(30)15-27-14-18-3-4-21-13-22(8-5-20(21)12-18)28-26(31)19-6-9-24(10-7-19)33-17-25-2-1-11-32-25/h3-4,6-7,9-10,12,22-23,25,27,29-30H,1-2,5,8,11,13-17H2,(H,28,31)/t22-,23?,25-/m0/s1. The van der Waals surface area contributed by atoms with Crippen LogP contribution >= 0.6 is 0 Å². The van der Waals surface area contributed by atoms with E-state index in [9.17, 15) is 9.90 Å². The third kappa shape index (κ3) is 6.77. The van der Waals surface area contributed by atoms with Gasteiger partial charge in [-0.05, 0) is 73.1 Å². The van der Waals surface area contributed by atoms with Gasteiger partial charge in [0.05, 0.1) is 18.8 Å². The van der Waals surface area contributed by atoms with Gasteiger partial charge in [0.1, 0.15) is 12.4 Å². The monoisotopic (exact) mass is 454 g/mol. The van der Waals surface area contributed by atoms with Crippen molar-refractivity contribution in [3.8, 4) is 5.75 Å². The molecule has 4 rings (SSSR count). The minimum atomic E-state index is -0.734. The number of fused-ring (bicyclic) bond motifs is 1. The number of ether oxygens (including phenoxy) is 2. The molecule has 3 atom stereocenters. The van der Waals surface area contributed by atoms with Crippen molar-refractivity contribution in [2.45, 2.75) is 56.9 Å². The average molecular weight is 455 g/mol. The van der Waals surface area contributed by atoms with Crippen LogP contribution in [-0.4, -0.2) is 60.7 Å². The van der Waals surface area contributed by atoms with E-state index in [1.165, 1.54) is 11.1 Å². The van der Waals surface area contributed by atoms with E-state index in [4.69, 9.17) is 14.6 Å². The van der Waals surface area contributed by atoms with E-state index in [1.54, 1.807) is 0 Å². The van der Waals surface area contributed by atoms with Crippen molar-refractivity contribution in [1.29, 1.82) is 0 Å². The number of nitrogens with one attached hydrogen (secondary N) is 2. The van der Waals surface area contributed by atoms with Crippen LogP contribution in [0.15, 0.2) is 42.5 Å². The van der Waals surface area contributed by atoms with Crippen molar-refractivity contribution in [3.63, 3.8) is 0 Å². The van der Waals surface area contributed by atoms with Crippen LogP contribution < -0.4 is 15.4 Å². The van der Waals surface area contributed by atoms with E-state index in [1.807, 2.05) is 24.3 Å². The molecule has 0 saturated carbocycles. The SMILES string of the molecule is O=C(N[C@H]1CCc2cc(CNCC(O)CO)ccc2C1)c1ccc(OC[C@@H]2CCCO2)cc1. The summed E-state index contributed by atoms with van der Waals surface area (Å²) in [6.07, 6.45) is 4.22. The number of carbonyl (C=O) groups excluding carboxylic acids is 1. The molecule has 1 aliphatic heterocycles. The number of hydrogen-bond donors (Lipinski definition) is 4. The largest absolute Gasteiger partial charge is 0.491 e. The lowest BCUT2D eigenvalue weighted by atomic mass is 9.87. The van der Waals surface area contributed by atoms with E-state index < -0.39 is 6.10 Å². The second kappa shape index (κ2) is 11.6. The summed E-state index contributed by atoms with van der Waals surface area (Å²) >= 11 is 0. The van der Waals surface area contributed by atoms with E-state index in [-0.39, 0.29) is 24.7 Å². The van der Waals surface area contributed by atoms with Gasteiger partial charge in [-0.25, -0.2) is 0 Å². The summed E-state index contributed by atoms with van der Waals surface area (Å²) in [5, 5.41) is 24.7. The number of hydrogen-bond acceptors (Lipinski definition) is 6. The molecule has 0 spiro atoms. The Morgan fingerprint density at radius 3 is 2.76 bits per heavy atom. The smallest absolute Gasteiger partial charge is 0.251 e. The zero-order valence-corrected chi connectivity index (χ0v) is 19.0. The molecule has 1 amide bonds. The number of aliphatic hydroxyl groups excluding tert-OH is 2. The molecule has 7 heteroatoms. The molecule has 0 radical (unpaired) electrons. The predicted octanol–water partition coefficient (Wildman–Crippen LogP) is 1.97. The first-order valence-electron chi connectivity index (χ1n) is 11.9. The van der Waals surface area contributed by atoms with Gasteiger partial charge in [-0.15, -0.1) is 0 Å². The highest BCUT2D eigenvalue weighted by atomic mass is 16.5. The Morgan fingerprint density at radius 1 is 1.15 bits per heavy atom. The molecule has 0 bridgehead atoms. The fourth-order valence-corrected chi connectivity index (χ4v) is 4.43. The topological polar surface area (TPSA) is 100 Å². The highest BCUT2D eigenvalue weighted by Crippen LogP contribution is 2.23. The summed E-state index contributed by atoms with van der Waals surface area (Å²) in [6.45, 7) is 2.14. The van der Waals surface area contributed by atoms with Crippen molar-refractivity contribution in [2.24, 2.45) is 0 Å². The van der Waals surface area contributed by atoms with Gasteiger partial charge in [-0.3, -0.25) is 4.79 Å². The predicted molar refractivity (Wildman–Crippen MR) is 125 cm³/mol. The summed E-state index contributed by atoms with van der Waals surface area (Å²) in [6, 6.07) is 13.8. The molecule has 0 aromatic heterocycles. The third-order valence-electron chi connectivity index (χ3n) is 6.33. The fraction of sp³-hybridized carbons (Fsp3) is 0.500. The molecule has 2 aliphatic rings. The fourth-order valence-electron chi connectivity index (χ4n) is 4.43. The number of aryl methyl sites for hydroxylation is 1. The van der Waals surface area contributed by atoms with Gasteiger partial charge in [0.15, 0.2) is 0 Å². The van der Waals surface area contributed by atoms with Crippen LogP contribution in [0.3, 0.4) is 0 Å². The molecule has 4 N–H and O–H groups in total. The van der Waals surface area contributed by atoms with Gasteiger partial charge in [0.25, 0.3) is 5.91 Å². The minimum Gasteiger partial charge on any atom is -0.491 e. The maximum absolute atomic E-state index is 12.7. The number of benzene rings is 2. The Hall–Kier alpha value is -2.45. The molecule has 7 nitrogen and oxygen atoms in total. The van der Waals surface area contributed by atoms with E-state index in [2.05, 4.69) is 28.8 Å². The normalized spacial score (nSPS) is 20.8. The van der Waals surface area contributed by atoms with Crippen LogP contribution in [0.1, 0.15) is 46.3 Å². The molecule has 1 saturated heterocycles. The maximum atomic E-state index is 12.7. The molecule has 33 heavy (non-hydrogen) atoms. The lowest BCUT2D eigenvalue weighted by Gasteiger charge is -2.26. The van der Waals surface area contributed by atoms with Gasteiger partial charge in [-0.1, -0.05) is 18.2 Å². The Bertz CT molecular complexity index is 911. The van der Waals surface area contributed by atoms with Crippen LogP contribution in [0.4, 0.5) is 0 Å². The first kappa shape index (κ1) is 23.7. The van der Waals surface area contributed by atoms with Crippen LogP contribution in [0.25, 0.3) is 0 Å². The van der Waals surface area contributed by atoms with Crippen LogP contribution in [0.2, 0.25) is 0 Å². The zero-order valence-electron chi connectivity index (χ0n) is 19.0. The number of carbonyl (C=O) groups is 1. The van der Waals surface area contributed by atoms with Gasteiger partial charge >= 0.3 is 0 Å². The molecular weight excluding hydrogens is 420 g/mol. The molecular formula is C26H34N2O5. The Balaban J connectivity index is 1.25. The summed E-state index contributed by atoms with van der Waals surface area (Å²) in [7, 11) is 0. The van der Waals surface area contributed by atoms with Gasteiger partial charge in [0.2, 0.25) is 0 Å². The lowest BCUT2D eigenvalue weighted by Crippen LogP contribution is -2.38. The second-order valence-electron chi connectivity index (χ2n) is 8.95. The average Bonchev–Trinajstić information content (AvgIpc) is 3.36. The van der Waals surface area contributed by atoms with Crippen LogP contribution in [-0.2, 0) is 24.1 Å². The van der Waals surface area contributed by atoms with Crippen LogP contribution in [0.5, 0.6) is 5.75 Å². The summed E-state index contributed by atoms with van der Waals surface area (Å²) in [5.74, 6) is 0.696. The summed E-state index contributed by atoms with van der Waals surface area (Å²) in [4.78, 5) is 12.7. The van der Waals surface area contributed by atoms with E-state index in [0.29, 0.717) is 25.3 Å². The number of amides is 1. The molecule has 1 aliphatic carbocycles. The Morgan fingerprint density at radius 2 is 2.00 bits per heavy atom. The second-order valence-corrected chi connectivity index (χ2v) is 8.95. The molecule has 1 fully saturated rings. The van der Waals surface area contributed by atoms with Crippen molar-refractivity contribution in [1.82, 2.24) is 10.6 Å². The van der Waals surface area contributed by atoms with Gasteiger partial charge < -0.3 is 30.3 Å². The van der Waals surface area contributed by atoms with Gasteiger partial charge in [0, 0.05) is 31.3 Å². The quantitative estimate of drug-likeness (QED) is 0.438. The molecule has 1 heterocycles. The number of aliphatic hydroxyl groups is 2. The van der Waals surface area contributed by atoms with E-state index >= 15 is 0 Å². The summed E-state index contributed by atoms with van der Waals surface area (Å²) < 4.78 is 11.4. The maximum Gasteiger partial charge on any atom is 0.251 e. The summed E-state index contributed by atoms with van der Waals surface area (Å²) in [5.41, 5.74) is 4.37. The van der Waals surface area contributed by atoms with Gasteiger partial charge in [-0.2, -0.15) is 0 Å². The third-order valence-corrected chi connectivity index (χ3v) is 6.33. The van der Waals surface area contributed by atoms with Crippen molar-refractivity contribution in [2.75, 3.05) is 26.4 Å². The first-order valence-corrected chi connectivity index (χ1v) is 11.9. The van der Waals surface area contributed by atoms with Crippen molar-refractivity contribution in [3.05, 3.63) is 64.7 Å². The molecule has 178 valence electrons. The highest BCUT2D eigenvalue weighted by molar-refractivity contribution is 5.94. The molecule has 2 aromatic rings. The lowest BCUT2D eigenvalue weighted by molar-refractivity contribution is 0.0679. The Kier molecular flexibility index (Phi) is 8.34. The van der Waals surface area contributed by atoms with Crippen molar-refractivity contribution < 1.29 is 24.5 Å².